The van der Waals surface area contributed by atoms with Crippen molar-refractivity contribution < 1.29 is 9.67 Å². The lowest BCUT2D eigenvalue weighted by Gasteiger charge is -2.43. The van der Waals surface area contributed by atoms with Crippen LogP contribution >= 0.6 is 0 Å². The highest BCUT2D eigenvalue weighted by molar-refractivity contribution is 5.76. The number of allylic oxidation sites excluding steroid dienone is 2. The van der Waals surface area contributed by atoms with Gasteiger partial charge in [0.15, 0.2) is 0 Å². The van der Waals surface area contributed by atoms with E-state index in [1.807, 2.05) is 72.8 Å². The fourth-order valence-electron chi connectivity index (χ4n) is 6.30. The summed E-state index contributed by atoms with van der Waals surface area (Å²) in [5.74, 6) is 0. The molecule has 1 aliphatic carbocycles. The molecule has 1 heterocycles. The lowest BCUT2D eigenvalue weighted by atomic mass is 9.74. The van der Waals surface area contributed by atoms with Crippen LogP contribution < -0.4 is 9.67 Å². The first-order valence-corrected chi connectivity index (χ1v) is 14.7. The van der Waals surface area contributed by atoms with Crippen LogP contribution in [-0.2, 0) is 5.54 Å². The molecule has 1 aromatic heterocycles. The van der Waals surface area contributed by atoms with E-state index >= 15 is 5.11 Å². The third-order valence-corrected chi connectivity index (χ3v) is 8.33. The Balaban J connectivity index is 1.62. The molecule has 5 aromatic carbocycles. The van der Waals surface area contributed by atoms with Crippen LogP contribution in [-0.4, -0.2) is 6.10 Å². The number of rotatable bonds is 6. The van der Waals surface area contributed by atoms with Gasteiger partial charge in [-0.3, -0.25) is 0 Å². The largest absolute Gasteiger partial charge is 0.843 e. The molecule has 0 aliphatic heterocycles. The topological polar surface area (TPSA) is 26.9 Å². The maximum Gasteiger partial charge on any atom is 0.214 e. The van der Waals surface area contributed by atoms with Crippen molar-refractivity contribution in [2.24, 2.45) is 0 Å². The molecule has 0 radical (unpaired) electrons. The highest BCUT2D eigenvalue weighted by Gasteiger charge is 2.48. The van der Waals surface area contributed by atoms with E-state index in [0.717, 1.165) is 50.3 Å². The second-order valence-corrected chi connectivity index (χ2v) is 10.9. The summed E-state index contributed by atoms with van der Waals surface area (Å²) in [6, 6.07) is 56.1. The molecule has 0 saturated heterocycles. The minimum absolute atomic E-state index is 0.768. The predicted octanol–water partition coefficient (Wildman–Crippen LogP) is 8.10. The van der Waals surface area contributed by atoms with Gasteiger partial charge in [0.1, 0.15) is 0 Å². The summed E-state index contributed by atoms with van der Waals surface area (Å²) in [6.07, 6.45) is 5.02. The number of nitrogens with zero attached hydrogens (tertiary/aromatic N) is 1. The molecule has 0 bridgehead atoms. The van der Waals surface area contributed by atoms with Crippen LogP contribution in [0, 0.1) is 0 Å². The molecule has 6 aromatic rings. The van der Waals surface area contributed by atoms with Crippen molar-refractivity contribution in [3.8, 4) is 33.6 Å². The maximum atomic E-state index is 15.3. The molecule has 2 unspecified atom stereocenters. The highest BCUT2D eigenvalue weighted by atomic mass is 16.3. The minimum atomic E-state index is -1.13. The quantitative estimate of drug-likeness (QED) is 0.192. The van der Waals surface area contributed by atoms with E-state index in [2.05, 4.69) is 114 Å². The lowest BCUT2D eigenvalue weighted by Crippen LogP contribution is -2.68. The van der Waals surface area contributed by atoms with Crippen molar-refractivity contribution in [2.75, 3.05) is 0 Å². The standard InChI is InChI=1S/C41H31NO/c43-40-37(32-19-8-2-9-20-32)27-16-28-41(40,36-25-14-5-15-26-36)42-38(33-21-10-3-11-22-33)29-35(31-17-6-1-7-18-31)30-39(42)34-23-12-4-13-24-34/h1-30,40H. The van der Waals surface area contributed by atoms with Gasteiger partial charge in [-0.2, -0.15) is 4.57 Å². The van der Waals surface area contributed by atoms with E-state index in [1.54, 1.807) is 0 Å². The first-order chi connectivity index (χ1) is 21.3. The minimum Gasteiger partial charge on any atom is -0.843 e. The molecule has 0 N–H and O–H groups in total. The first-order valence-electron chi connectivity index (χ1n) is 14.7. The highest BCUT2D eigenvalue weighted by Crippen LogP contribution is 2.40. The van der Waals surface area contributed by atoms with E-state index < -0.39 is 11.6 Å². The molecular weight excluding hydrogens is 522 g/mol. The molecule has 0 fully saturated rings. The number of hydrogen-bond acceptors (Lipinski definition) is 1. The van der Waals surface area contributed by atoms with Crippen LogP contribution in [0.3, 0.4) is 0 Å². The zero-order valence-corrected chi connectivity index (χ0v) is 23.8. The second-order valence-electron chi connectivity index (χ2n) is 10.9. The molecule has 1 aliphatic rings. The molecule has 43 heavy (non-hydrogen) atoms. The summed E-state index contributed by atoms with van der Waals surface area (Å²) in [5, 5.41) is 15.3. The van der Waals surface area contributed by atoms with E-state index in [-0.39, 0.29) is 0 Å². The zero-order valence-electron chi connectivity index (χ0n) is 23.8. The van der Waals surface area contributed by atoms with Crippen molar-refractivity contribution in [2.45, 2.75) is 11.6 Å². The molecule has 206 valence electrons. The molecule has 2 nitrogen and oxygen atoms in total. The van der Waals surface area contributed by atoms with Crippen molar-refractivity contribution in [1.29, 1.82) is 0 Å². The van der Waals surface area contributed by atoms with E-state index in [4.69, 9.17) is 0 Å². The Labute approximate surface area is 253 Å². The van der Waals surface area contributed by atoms with Crippen LogP contribution in [0.15, 0.2) is 182 Å². The van der Waals surface area contributed by atoms with Crippen molar-refractivity contribution >= 4 is 5.57 Å². The van der Waals surface area contributed by atoms with Gasteiger partial charge in [0, 0.05) is 28.8 Å². The normalized spacial score (nSPS) is 17.8. The summed E-state index contributed by atoms with van der Waals surface area (Å²) in [7, 11) is 0. The summed E-state index contributed by atoms with van der Waals surface area (Å²) in [6.45, 7) is 0. The van der Waals surface area contributed by atoms with Crippen molar-refractivity contribution in [3.63, 3.8) is 0 Å². The van der Waals surface area contributed by atoms with Crippen LogP contribution in [0.2, 0.25) is 0 Å². The monoisotopic (exact) mass is 553 g/mol. The fourth-order valence-corrected chi connectivity index (χ4v) is 6.30. The van der Waals surface area contributed by atoms with Crippen LogP contribution in [0.4, 0.5) is 0 Å². The number of hydrogen-bond donors (Lipinski definition) is 0. The maximum absolute atomic E-state index is 15.3. The third kappa shape index (κ3) is 4.82. The molecule has 7 rings (SSSR count). The van der Waals surface area contributed by atoms with Gasteiger partial charge in [0.25, 0.3) is 0 Å². The van der Waals surface area contributed by atoms with Gasteiger partial charge in [-0.1, -0.05) is 140 Å². The summed E-state index contributed by atoms with van der Waals surface area (Å²) < 4.78 is 2.30. The Morgan fingerprint density at radius 3 is 1.37 bits per heavy atom. The summed E-state index contributed by atoms with van der Waals surface area (Å²) in [5.41, 5.74) is 7.86. The van der Waals surface area contributed by atoms with E-state index in [9.17, 15) is 0 Å². The second kappa shape index (κ2) is 11.5. The molecular formula is C41H31NO. The van der Waals surface area contributed by atoms with Gasteiger partial charge in [-0.05, 0) is 58.7 Å². The Hall–Kier alpha value is -5.31. The number of pyridine rings is 1. The molecule has 2 atom stereocenters. The fraction of sp³-hybridized carbons (Fsp3) is 0.0488. The molecule has 0 spiro atoms. The summed E-state index contributed by atoms with van der Waals surface area (Å²) >= 11 is 0. The molecule has 0 saturated carbocycles. The Morgan fingerprint density at radius 1 is 0.465 bits per heavy atom. The molecule has 0 amide bonds. The summed E-state index contributed by atoms with van der Waals surface area (Å²) in [4.78, 5) is 0. The van der Waals surface area contributed by atoms with Gasteiger partial charge in [0.2, 0.25) is 16.9 Å². The van der Waals surface area contributed by atoms with Crippen molar-refractivity contribution in [3.05, 3.63) is 193 Å². The van der Waals surface area contributed by atoms with Gasteiger partial charge in [0.05, 0.1) is 0 Å². The Morgan fingerprint density at radius 2 is 0.884 bits per heavy atom. The van der Waals surface area contributed by atoms with E-state index in [0.29, 0.717) is 0 Å². The van der Waals surface area contributed by atoms with E-state index in [1.165, 1.54) is 0 Å². The van der Waals surface area contributed by atoms with Gasteiger partial charge in [-0.25, -0.2) is 0 Å². The third-order valence-electron chi connectivity index (χ3n) is 8.33. The first kappa shape index (κ1) is 26.6. The average Bonchev–Trinajstić information content (AvgIpc) is 3.10. The van der Waals surface area contributed by atoms with Crippen LogP contribution in [0.1, 0.15) is 11.1 Å². The Kier molecular flexibility index (Phi) is 7.12. The van der Waals surface area contributed by atoms with Gasteiger partial charge < -0.3 is 5.11 Å². The van der Waals surface area contributed by atoms with Crippen LogP contribution in [0.5, 0.6) is 0 Å². The predicted molar refractivity (Wildman–Crippen MR) is 174 cm³/mol. The number of aromatic nitrogens is 1. The lowest BCUT2D eigenvalue weighted by molar-refractivity contribution is -0.747. The Bertz CT molecular complexity index is 1840. The van der Waals surface area contributed by atoms with Crippen molar-refractivity contribution in [1.82, 2.24) is 0 Å². The zero-order chi connectivity index (χ0) is 29.1. The number of benzene rings is 5. The average molecular weight is 554 g/mol. The SMILES string of the molecule is [O-]C1C(c2ccccc2)=CC=CC1(c1ccccc1)[n+]1c(-c2ccccc2)cc(-c2ccccc2)cc1-c1ccccc1. The van der Waals surface area contributed by atoms with Gasteiger partial charge >= 0.3 is 0 Å². The smallest absolute Gasteiger partial charge is 0.214 e. The van der Waals surface area contributed by atoms with Gasteiger partial charge in [-0.15, -0.1) is 0 Å². The molecule has 2 heteroatoms. The van der Waals surface area contributed by atoms with Crippen LogP contribution in [0.25, 0.3) is 39.2 Å².